The maximum atomic E-state index is 12.5. The van der Waals surface area contributed by atoms with E-state index in [4.69, 9.17) is 0 Å². The van der Waals surface area contributed by atoms with E-state index in [2.05, 4.69) is 58.0 Å². The van der Waals surface area contributed by atoms with Crippen molar-refractivity contribution in [1.82, 2.24) is 14.6 Å². The largest absolute Gasteiger partial charge is 0.351 e. The van der Waals surface area contributed by atoms with Crippen molar-refractivity contribution in [2.24, 2.45) is 5.10 Å². The van der Waals surface area contributed by atoms with Crippen LogP contribution in [0.2, 0.25) is 0 Å². The summed E-state index contributed by atoms with van der Waals surface area (Å²) in [6, 6.07) is 14.4. The van der Waals surface area contributed by atoms with E-state index in [0.29, 0.717) is 11.6 Å². The Balaban J connectivity index is 1.43. The van der Waals surface area contributed by atoms with Crippen molar-refractivity contribution in [3.63, 3.8) is 0 Å². The van der Waals surface area contributed by atoms with Crippen molar-refractivity contribution in [3.8, 4) is 5.69 Å². The number of aryl methyl sites for hydroxylation is 2. The summed E-state index contributed by atoms with van der Waals surface area (Å²) in [6.45, 7) is 4.11. The molecule has 28 heavy (non-hydrogen) atoms. The van der Waals surface area contributed by atoms with E-state index in [9.17, 15) is 4.79 Å². The Labute approximate surface area is 165 Å². The van der Waals surface area contributed by atoms with Crippen molar-refractivity contribution < 1.29 is 4.79 Å². The minimum absolute atomic E-state index is 0.212. The summed E-state index contributed by atoms with van der Waals surface area (Å²) in [5, 5.41) is 4.14. The van der Waals surface area contributed by atoms with E-state index >= 15 is 0 Å². The van der Waals surface area contributed by atoms with Gasteiger partial charge >= 0.3 is 0 Å². The van der Waals surface area contributed by atoms with Gasteiger partial charge in [0.1, 0.15) is 0 Å². The lowest BCUT2D eigenvalue weighted by Crippen LogP contribution is -2.18. The standard InChI is InChI=1S/C23H26N4O/c1-17-10-11-18(2)27(17)22-9-5-6-20(14-22)23(28)25-24-15-19-12-13-26(16-19)21-7-3-4-8-21/h5-6,9-16,21H,3-4,7-8H2,1-2H3,(H,25,28)/b24-15-. The highest BCUT2D eigenvalue weighted by molar-refractivity contribution is 5.95. The van der Waals surface area contributed by atoms with Crippen molar-refractivity contribution in [2.45, 2.75) is 45.6 Å². The van der Waals surface area contributed by atoms with E-state index in [1.54, 1.807) is 12.3 Å². The minimum Gasteiger partial charge on any atom is -0.351 e. The highest BCUT2D eigenvalue weighted by Crippen LogP contribution is 2.29. The fourth-order valence-corrected chi connectivity index (χ4v) is 4.03. The second-order valence-electron chi connectivity index (χ2n) is 7.53. The Morgan fingerprint density at radius 3 is 2.61 bits per heavy atom. The number of nitrogens with one attached hydrogen (secondary N) is 1. The van der Waals surface area contributed by atoms with Crippen LogP contribution < -0.4 is 5.43 Å². The second kappa shape index (κ2) is 7.89. The molecule has 4 rings (SSSR count). The van der Waals surface area contributed by atoms with Crippen LogP contribution in [0, 0.1) is 13.8 Å². The third kappa shape index (κ3) is 3.79. The molecule has 144 valence electrons. The van der Waals surface area contributed by atoms with Gasteiger partial charge in [0.25, 0.3) is 5.91 Å². The molecule has 0 aliphatic heterocycles. The summed E-state index contributed by atoms with van der Waals surface area (Å²) < 4.78 is 4.40. The molecule has 0 spiro atoms. The highest BCUT2D eigenvalue weighted by Gasteiger charge is 2.16. The van der Waals surface area contributed by atoms with Crippen molar-refractivity contribution in [3.05, 3.63) is 77.4 Å². The first-order valence-electron chi connectivity index (χ1n) is 9.88. The van der Waals surface area contributed by atoms with Gasteiger partial charge in [-0.2, -0.15) is 5.10 Å². The molecule has 5 nitrogen and oxygen atoms in total. The molecular weight excluding hydrogens is 348 g/mol. The molecule has 1 aromatic carbocycles. The maximum Gasteiger partial charge on any atom is 0.271 e. The summed E-state index contributed by atoms with van der Waals surface area (Å²) in [4.78, 5) is 12.5. The van der Waals surface area contributed by atoms with Crippen LogP contribution >= 0.6 is 0 Å². The van der Waals surface area contributed by atoms with E-state index in [1.165, 1.54) is 25.7 Å². The summed E-state index contributed by atoms with van der Waals surface area (Å²) in [5.74, 6) is -0.212. The molecule has 0 atom stereocenters. The van der Waals surface area contributed by atoms with E-state index < -0.39 is 0 Å². The number of hydrogen-bond acceptors (Lipinski definition) is 2. The highest BCUT2D eigenvalue weighted by atomic mass is 16.2. The summed E-state index contributed by atoms with van der Waals surface area (Å²) in [5.41, 5.74) is 7.48. The number of aromatic nitrogens is 2. The van der Waals surface area contributed by atoms with Gasteiger partial charge in [-0.05, 0) is 63.1 Å². The zero-order valence-electron chi connectivity index (χ0n) is 16.4. The fourth-order valence-electron chi connectivity index (χ4n) is 4.03. The quantitative estimate of drug-likeness (QED) is 0.507. The van der Waals surface area contributed by atoms with Crippen LogP contribution in [0.3, 0.4) is 0 Å². The molecule has 1 fully saturated rings. The first-order chi connectivity index (χ1) is 13.6. The van der Waals surface area contributed by atoms with Crippen LogP contribution in [0.15, 0.2) is 60.0 Å². The average Bonchev–Trinajstić information content (AvgIpc) is 3.43. The minimum atomic E-state index is -0.212. The van der Waals surface area contributed by atoms with Gasteiger partial charge < -0.3 is 9.13 Å². The zero-order chi connectivity index (χ0) is 19.5. The van der Waals surface area contributed by atoms with Gasteiger partial charge in [0.2, 0.25) is 0 Å². The number of hydrogen-bond donors (Lipinski definition) is 1. The molecule has 2 aromatic heterocycles. The summed E-state index contributed by atoms with van der Waals surface area (Å²) in [6.07, 6.45) is 11.0. The number of hydrazone groups is 1. The zero-order valence-corrected chi connectivity index (χ0v) is 16.4. The normalized spacial score (nSPS) is 14.8. The Morgan fingerprint density at radius 1 is 1.11 bits per heavy atom. The van der Waals surface area contributed by atoms with Gasteiger partial charge in [0, 0.05) is 46.6 Å². The molecular formula is C23H26N4O. The Hall–Kier alpha value is -3.08. The lowest BCUT2D eigenvalue weighted by atomic mass is 10.2. The SMILES string of the molecule is Cc1ccc(C)n1-c1cccc(C(=O)N/N=C\c2ccn(C3CCCC3)c2)c1. The van der Waals surface area contributed by atoms with Gasteiger partial charge in [-0.25, -0.2) is 5.43 Å². The Bertz CT molecular complexity index is 986. The molecule has 0 radical (unpaired) electrons. The van der Waals surface area contributed by atoms with Crippen molar-refractivity contribution in [2.75, 3.05) is 0 Å². The fraction of sp³-hybridized carbons (Fsp3) is 0.304. The van der Waals surface area contributed by atoms with Gasteiger partial charge in [-0.1, -0.05) is 18.9 Å². The second-order valence-corrected chi connectivity index (χ2v) is 7.53. The molecule has 5 heteroatoms. The molecule has 1 saturated carbocycles. The monoisotopic (exact) mass is 374 g/mol. The van der Waals surface area contributed by atoms with Gasteiger partial charge in [0.15, 0.2) is 0 Å². The van der Waals surface area contributed by atoms with Gasteiger partial charge in [-0.3, -0.25) is 4.79 Å². The number of carbonyl (C=O) groups excluding carboxylic acids is 1. The lowest BCUT2D eigenvalue weighted by Gasteiger charge is -2.10. The van der Waals surface area contributed by atoms with Gasteiger partial charge in [0.05, 0.1) is 6.21 Å². The molecule has 3 aromatic rings. The third-order valence-corrected chi connectivity index (χ3v) is 5.50. The summed E-state index contributed by atoms with van der Waals surface area (Å²) >= 11 is 0. The molecule has 1 amide bonds. The van der Waals surface area contributed by atoms with Gasteiger partial charge in [-0.15, -0.1) is 0 Å². The number of benzene rings is 1. The van der Waals surface area contributed by atoms with Crippen LogP contribution in [0.5, 0.6) is 0 Å². The molecule has 1 aliphatic carbocycles. The molecule has 2 heterocycles. The van der Waals surface area contributed by atoms with Crippen LogP contribution in [-0.4, -0.2) is 21.3 Å². The van der Waals surface area contributed by atoms with Crippen LogP contribution in [0.25, 0.3) is 5.69 Å². The first kappa shape index (κ1) is 18.3. The Morgan fingerprint density at radius 2 is 1.86 bits per heavy atom. The molecule has 0 unspecified atom stereocenters. The van der Waals surface area contributed by atoms with Crippen LogP contribution in [0.4, 0.5) is 0 Å². The van der Waals surface area contributed by atoms with Crippen LogP contribution in [0.1, 0.15) is 59.0 Å². The molecule has 1 aliphatic rings. The predicted octanol–water partition coefficient (Wildman–Crippen LogP) is 4.77. The molecule has 0 bridgehead atoms. The van der Waals surface area contributed by atoms with E-state index in [-0.39, 0.29) is 5.91 Å². The van der Waals surface area contributed by atoms with E-state index in [0.717, 1.165) is 22.6 Å². The first-order valence-corrected chi connectivity index (χ1v) is 9.88. The number of nitrogens with zero attached hydrogens (tertiary/aromatic N) is 3. The van der Waals surface area contributed by atoms with Crippen molar-refractivity contribution in [1.29, 1.82) is 0 Å². The lowest BCUT2D eigenvalue weighted by molar-refractivity contribution is 0.0955. The number of amides is 1. The average molecular weight is 374 g/mol. The topological polar surface area (TPSA) is 51.3 Å². The summed E-state index contributed by atoms with van der Waals surface area (Å²) in [7, 11) is 0. The number of carbonyl (C=O) groups is 1. The Kier molecular flexibility index (Phi) is 5.15. The van der Waals surface area contributed by atoms with E-state index in [1.807, 2.05) is 24.3 Å². The molecule has 1 N–H and O–H groups in total. The van der Waals surface area contributed by atoms with Crippen LogP contribution in [-0.2, 0) is 0 Å². The molecule has 0 saturated heterocycles. The predicted molar refractivity (Wildman–Crippen MR) is 112 cm³/mol. The number of rotatable bonds is 5. The van der Waals surface area contributed by atoms with Crippen molar-refractivity contribution >= 4 is 12.1 Å². The smallest absolute Gasteiger partial charge is 0.271 e. The third-order valence-electron chi connectivity index (χ3n) is 5.50. The maximum absolute atomic E-state index is 12.5.